The summed E-state index contributed by atoms with van der Waals surface area (Å²) >= 11 is 0. The highest BCUT2D eigenvalue weighted by Crippen LogP contribution is 2.05. The third-order valence-electron chi connectivity index (χ3n) is 2.01. The summed E-state index contributed by atoms with van der Waals surface area (Å²) in [5.74, 6) is 0.888. The third-order valence-corrected chi connectivity index (χ3v) is 2.01. The maximum absolute atomic E-state index is 4.23. The molecular formula is C10H12N4. The molecule has 0 aliphatic carbocycles. The van der Waals surface area contributed by atoms with Crippen LogP contribution >= 0.6 is 0 Å². The van der Waals surface area contributed by atoms with Crippen LogP contribution in [0.4, 0.5) is 5.82 Å². The van der Waals surface area contributed by atoms with Crippen LogP contribution in [0.25, 0.3) is 0 Å². The minimum Gasteiger partial charge on any atom is -0.373 e. The molecular weight excluding hydrogens is 176 g/mol. The molecule has 0 saturated carbocycles. The van der Waals surface area contributed by atoms with Crippen LogP contribution in [0.5, 0.6) is 0 Å². The molecule has 2 rings (SSSR count). The number of hydrogen-bond donors (Lipinski definition) is 1. The smallest absolute Gasteiger partial charge is 0.125 e. The van der Waals surface area contributed by atoms with Crippen molar-refractivity contribution in [2.24, 2.45) is 0 Å². The second-order valence-electron chi connectivity index (χ2n) is 3.04. The molecule has 14 heavy (non-hydrogen) atoms. The van der Waals surface area contributed by atoms with E-state index in [2.05, 4.69) is 21.4 Å². The van der Waals surface area contributed by atoms with Crippen molar-refractivity contribution in [3.8, 4) is 0 Å². The Morgan fingerprint density at radius 1 is 1.43 bits per heavy atom. The number of nitrogens with zero attached hydrogens (tertiary/aromatic N) is 3. The lowest BCUT2D eigenvalue weighted by atomic mass is 10.3. The summed E-state index contributed by atoms with van der Waals surface area (Å²) in [6, 6.07) is 4.02. The Bertz CT molecular complexity index is 377. The topological polar surface area (TPSA) is 42.7 Å². The van der Waals surface area contributed by atoms with Crippen molar-refractivity contribution in [3.05, 3.63) is 42.6 Å². The van der Waals surface area contributed by atoms with E-state index in [1.54, 1.807) is 12.5 Å². The number of rotatable bonds is 3. The third kappa shape index (κ3) is 1.90. The van der Waals surface area contributed by atoms with Crippen LogP contribution < -0.4 is 5.32 Å². The van der Waals surface area contributed by atoms with Gasteiger partial charge in [-0.2, -0.15) is 0 Å². The molecule has 0 spiro atoms. The van der Waals surface area contributed by atoms with Gasteiger partial charge in [0.15, 0.2) is 0 Å². The second-order valence-corrected chi connectivity index (χ2v) is 3.04. The van der Waals surface area contributed by atoms with E-state index in [4.69, 9.17) is 0 Å². The lowest BCUT2D eigenvalue weighted by Gasteiger charge is -2.03. The standard InChI is InChI=1S/C10H12N4/c1-11-10-3-2-9(6-13-10)7-14-5-4-12-8-14/h2-6,8H,7H2,1H3,(H,11,13). The zero-order valence-corrected chi connectivity index (χ0v) is 8.01. The van der Waals surface area contributed by atoms with Gasteiger partial charge in [0, 0.05) is 32.2 Å². The van der Waals surface area contributed by atoms with E-state index < -0.39 is 0 Å². The van der Waals surface area contributed by atoms with E-state index in [-0.39, 0.29) is 0 Å². The van der Waals surface area contributed by atoms with E-state index in [0.717, 1.165) is 12.4 Å². The zero-order chi connectivity index (χ0) is 9.80. The van der Waals surface area contributed by atoms with Gasteiger partial charge in [0.2, 0.25) is 0 Å². The number of nitrogens with one attached hydrogen (secondary N) is 1. The number of aromatic nitrogens is 3. The van der Waals surface area contributed by atoms with Crippen LogP contribution in [0.3, 0.4) is 0 Å². The minimum absolute atomic E-state index is 0.816. The summed E-state index contributed by atoms with van der Waals surface area (Å²) in [5.41, 5.74) is 1.17. The first-order valence-corrected chi connectivity index (χ1v) is 4.47. The highest BCUT2D eigenvalue weighted by Gasteiger charge is 1.95. The summed E-state index contributed by atoms with van der Waals surface area (Å²) in [4.78, 5) is 8.22. The van der Waals surface area contributed by atoms with Gasteiger partial charge < -0.3 is 9.88 Å². The molecule has 0 bridgehead atoms. The Morgan fingerprint density at radius 2 is 2.36 bits per heavy atom. The van der Waals surface area contributed by atoms with Crippen molar-refractivity contribution in [2.75, 3.05) is 12.4 Å². The van der Waals surface area contributed by atoms with Crippen LogP contribution in [0.1, 0.15) is 5.56 Å². The Balaban J connectivity index is 2.10. The normalized spacial score (nSPS) is 10.1. The van der Waals surface area contributed by atoms with Gasteiger partial charge in [0.1, 0.15) is 5.82 Å². The summed E-state index contributed by atoms with van der Waals surface area (Å²) in [7, 11) is 1.86. The molecule has 0 saturated heterocycles. The van der Waals surface area contributed by atoms with Gasteiger partial charge in [-0.05, 0) is 11.6 Å². The highest BCUT2D eigenvalue weighted by molar-refractivity contribution is 5.34. The first-order chi connectivity index (χ1) is 6.88. The van der Waals surface area contributed by atoms with Gasteiger partial charge in [-0.25, -0.2) is 9.97 Å². The lowest BCUT2D eigenvalue weighted by molar-refractivity contribution is 0.793. The quantitative estimate of drug-likeness (QED) is 0.791. The fourth-order valence-corrected chi connectivity index (χ4v) is 1.26. The van der Waals surface area contributed by atoms with E-state index in [1.165, 1.54) is 5.56 Å². The summed E-state index contributed by atoms with van der Waals surface area (Å²) in [6.45, 7) is 0.816. The largest absolute Gasteiger partial charge is 0.373 e. The predicted octanol–water partition coefficient (Wildman–Crippen LogP) is 1.37. The minimum atomic E-state index is 0.816. The fourth-order valence-electron chi connectivity index (χ4n) is 1.26. The average molecular weight is 188 g/mol. The second kappa shape index (κ2) is 3.91. The van der Waals surface area contributed by atoms with Crippen molar-refractivity contribution in [1.29, 1.82) is 0 Å². The van der Waals surface area contributed by atoms with Gasteiger partial charge in [0.05, 0.1) is 6.33 Å². The maximum atomic E-state index is 4.23. The average Bonchev–Trinajstić information content (AvgIpc) is 2.72. The number of anilines is 1. The Morgan fingerprint density at radius 3 is 2.93 bits per heavy atom. The Kier molecular flexibility index (Phi) is 2.44. The molecule has 2 aromatic heterocycles. The van der Waals surface area contributed by atoms with Gasteiger partial charge in [-0.15, -0.1) is 0 Å². The zero-order valence-electron chi connectivity index (χ0n) is 8.01. The van der Waals surface area contributed by atoms with Gasteiger partial charge >= 0.3 is 0 Å². The van der Waals surface area contributed by atoms with E-state index >= 15 is 0 Å². The number of hydrogen-bond acceptors (Lipinski definition) is 3. The van der Waals surface area contributed by atoms with Crippen LogP contribution in [0, 0.1) is 0 Å². The molecule has 0 atom stereocenters. The molecule has 0 aliphatic rings. The molecule has 0 unspecified atom stereocenters. The molecule has 1 N–H and O–H groups in total. The van der Waals surface area contributed by atoms with E-state index in [0.29, 0.717) is 0 Å². The Labute approximate surface area is 82.6 Å². The van der Waals surface area contributed by atoms with Crippen LogP contribution in [-0.4, -0.2) is 21.6 Å². The number of pyridine rings is 1. The molecule has 2 heterocycles. The first-order valence-electron chi connectivity index (χ1n) is 4.47. The van der Waals surface area contributed by atoms with Gasteiger partial charge in [-0.1, -0.05) is 6.07 Å². The maximum Gasteiger partial charge on any atom is 0.125 e. The fraction of sp³-hybridized carbons (Fsp3) is 0.200. The van der Waals surface area contributed by atoms with Crippen molar-refractivity contribution in [1.82, 2.24) is 14.5 Å². The molecule has 0 amide bonds. The molecule has 0 radical (unpaired) electrons. The highest BCUT2D eigenvalue weighted by atomic mass is 15.0. The predicted molar refractivity (Wildman–Crippen MR) is 55.1 cm³/mol. The van der Waals surface area contributed by atoms with Gasteiger partial charge in [0.25, 0.3) is 0 Å². The summed E-state index contributed by atoms with van der Waals surface area (Å²) in [5, 5.41) is 2.98. The van der Waals surface area contributed by atoms with Crippen molar-refractivity contribution < 1.29 is 0 Å². The van der Waals surface area contributed by atoms with Crippen LogP contribution in [-0.2, 0) is 6.54 Å². The van der Waals surface area contributed by atoms with Crippen molar-refractivity contribution in [2.45, 2.75) is 6.54 Å². The van der Waals surface area contributed by atoms with Crippen LogP contribution in [0.15, 0.2) is 37.1 Å². The van der Waals surface area contributed by atoms with Crippen LogP contribution in [0.2, 0.25) is 0 Å². The molecule has 0 aromatic carbocycles. The molecule has 0 fully saturated rings. The molecule has 0 aliphatic heterocycles. The molecule has 72 valence electrons. The van der Waals surface area contributed by atoms with E-state index in [1.807, 2.05) is 30.1 Å². The lowest BCUT2D eigenvalue weighted by Crippen LogP contribution is -1.98. The first kappa shape index (κ1) is 8.74. The SMILES string of the molecule is CNc1ccc(Cn2ccnc2)cn1. The van der Waals surface area contributed by atoms with E-state index in [9.17, 15) is 0 Å². The number of imidazole rings is 1. The molecule has 4 heteroatoms. The Hall–Kier alpha value is -1.84. The molecule has 4 nitrogen and oxygen atoms in total. The van der Waals surface area contributed by atoms with Crippen molar-refractivity contribution >= 4 is 5.82 Å². The van der Waals surface area contributed by atoms with Crippen molar-refractivity contribution in [3.63, 3.8) is 0 Å². The summed E-state index contributed by atoms with van der Waals surface area (Å²) < 4.78 is 2.01. The molecule has 2 aromatic rings. The monoisotopic (exact) mass is 188 g/mol. The summed E-state index contributed by atoms with van der Waals surface area (Å²) in [6.07, 6.45) is 7.37. The van der Waals surface area contributed by atoms with Gasteiger partial charge in [-0.3, -0.25) is 0 Å².